The summed E-state index contributed by atoms with van der Waals surface area (Å²) in [7, 11) is 0. The number of hydrogen-bond acceptors (Lipinski definition) is 5. The molecule has 0 radical (unpaired) electrons. The summed E-state index contributed by atoms with van der Waals surface area (Å²) in [4.78, 5) is 28.5. The quantitative estimate of drug-likeness (QED) is 0.818. The molecule has 2 aliphatic rings. The standard InChI is InChI=1S/C17H25N3O4/c1-13(19-4-7-23-8-5-19)10-18-17(22)14-9-16(21)20(11-14)12-15-3-2-6-24-15/h2-3,6,13-14H,4-5,7-12H2,1H3,(H,18,22)/t13-,14-/m1/s1. The molecule has 0 aromatic carbocycles. The number of amides is 2. The van der Waals surface area contributed by atoms with Crippen molar-refractivity contribution in [3.8, 4) is 0 Å². The van der Waals surface area contributed by atoms with Crippen LogP contribution in [0.15, 0.2) is 22.8 Å². The fourth-order valence-electron chi connectivity index (χ4n) is 3.23. The maximum atomic E-state index is 12.4. The molecule has 1 aromatic rings. The van der Waals surface area contributed by atoms with Crippen molar-refractivity contribution in [2.45, 2.75) is 25.9 Å². The van der Waals surface area contributed by atoms with Crippen molar-refractivity contribution >= 4 is 11.8 Å². The first-order valence-electron chi connectivity index (χ1n) is 8.53. The lowest BCUT2D eigenvalue weighted by Gasteiger charge is -2.32. The Morgan fingerprint density at radius 3 is 2.92 bits per heavy atom. The second kappa shape index (κ2) is 7.81. The monoisotopic (exact) mass is 335 g/mol. The molecule has 1 aromatic heterocycles. The van der Waals surface area contributed by atoms with Crippen LogP contribution in [-0.4, -0.2) is 67.0 Å². The van der Waals surface area contributed by atoms with Gasteiger partial charge in [0.15, 0.2) is 0 Å². The van der Waals surface area contributed by atoms with E-state index in [1.807, 2.05) is 6.07 Å². The zero-order valence-electron chi connectivity index (χ0n) is 14.1. The van der Waals surface area contributed by atoms with E-state index in [-0.39, 0.29) is 30.2 Å². The molecule has 132 valence electrons. The Hall–Kier alpha value is -1.86. The molecule has 0 aliphatic carbocycles. The molecule has 24 heavy (non-hydrogen) atoms. The molecule has 7 heteroatoms. The van der Waals surface area contributed by atoms with Crippen molar-refractivity contribution in [2.24, 2.45) is 5.92 Å². The molecule has 2 atom stereocenters. The van der Waals surface area contributed by atoms with Crippen LogP contribution in [0.4, 0.5) is 0 Å². The smallest absolute Gasteiger partial charge is 0.225 e. The molecular weight excluding hydrogens is 310 g/mol. The van der Waals surface area contributed by atoms with Gasteiger partial charge in [0, 0.05) is 38.6 Å². The first-order valence-corrected chi connectivity index (χ1v) is 8.53. The van der Waals surface area contributed by atoms with E-state index in [4.69, 9.17) is 9.15 Å². The highest BCUT2D eigenvalue weighted by Gasteiger charge is 2.34. The minimum Gasteiger partial charge on any atom is -0.467 e. The van der Waals surface area contributed by atoms with Gasteiger partial charge in [-0.05, 0) is 19.1 Å². The number of carbonyl (C=O) groups excluding carboxylic acids is 2. The van der Waals surface area contributed by atoms with Crippen LogP contribution in [0, 0.1) is 5.92 Å². The zero-order valence-corrected chi connectivity index (χ0v) is 14.1. The third-order valence-corrected chi connectivity index (χ3v) is 4.75. The second-order valence-electron chi connectivity index (χ2n) is 6.50. The number of likely N-dealkylation sites (tertiary alicyclic amines) is 1. The number of nitrogens with one attached hydrogen (secondary N) is 1. The summed E-state index contributed by atoms with van der Waals surface area (Å²) in [5, 5.41) is 3.00. The third-order valence-electron chi connectivity index (χ3n) is 4.75. The van der Waals surface area contributed by atoms with Crippen LogP contribution in [0.25, 0.3) is 0 Å². The lowest BCUT2D eigenvalue weighted by atomic mass is 10.1. The first-order chi connectivity index (χ1) is 11.6. The maximum absolute atomic E-state index is 12.4. The van der Waals surface area contributed by atoms with Crippen molar-refractivity contribution < 1.29 is 18.7 Å². The van der Waals surface area contributed by atoms with Gasteiger partial charge in [-0.3, -0.25) is 14.5 Å². The number of furan rings is 1. The van der Waals surface area contributed by atoms with Crippen molar-refractivity contribution in [3.05, 3.63) is 24.2 Å². The van der Waals surface area contributed by atoms with Gasteiger partial charge in [0.1, 0.15) is 5.76 Å². The Morgan fingerprint density at radius 2 is 2.21 bits per heavy atom. The largest absolute Gasteiger partial charge is 0.467 e. The SMILES string of the molecule is C[C@H](CNC(=O)[C@@H]1CC(=O)N(Cc2ccco2)C1)N1CCOCC1. The van der Waals surface area contributed by atoms with Crippen LogP contribution >= 0.6 is 0 Å². The molecule has 0 spiro atoms. The van der Waals surface area contributed by atoms with E-state index in [9.17, 15) is 9.59 Å². The fraction of sp³-hybridized carbons (Fsp3) is 0.647. The number of carbonyl (C=O) groups is 2. The number of morpholine rings is 1. The van der Waals surface area contributed by atoms with Crippen molar-refractivity contribution in [1.29, 1.82) is 0 Å². The lowest BCUT2D eigenvalue weighted by molar-refractivity contribution is -0.129. The highest BCUT2D eigenvalue weighted by molar-refractivity contribution is 5.89. The van der Waals surface area contributed by atoms with Gasteiger partial charge < -0.3 is 19.4 Å². The Kier molecular flexibility index (Phi) is 5.52. The van der Waals surface area contributed by atoms with E-state index in [1.165, 1.54) is 0 Å². The van der Waals surface area contributed by atoms with Gasteiger partial charge in [-0.1, -0.05) is 0 Å². The molecular formula is C17H25N3O4. The van der Waals surface area contributed by atoms with Crippen LogP contribution < -0.4 is 5.32 Å². The molecule has 3 rings (SSSR count). The Balaban J connectivity index is 1.44. The summed E-state index contributed by atoms with van der Waals surface area (Å²) in [6.07, 6.45) is 1.87. The molecule has 2 fully saturated rings. The molecule has 0 saturated carbocycles. The van der Waals surface area contributed by atoms with Gasteiger partial charge in [-0.25, -0.2) is 0 Å². The number of hydrogen-bond donors (Lipinski definition) is 1. The van der Waals surface area contributed by atoms with Crippen molar-refractivity contribution in [2.75, 3.05) is 39.4 Å². The predicted octanol–water partition coefficient (Wildman–Crippen LogP) is 0.465. The van der Waals surface area contributed by atoms with Crippen molar-refractivity contribution in [3.63, 3.8) is 0 Å². The molecule has 0 bridgehead atoms. The molecule has 3 heterocycles. The number of ether oxygens (including phenoxy) is 1. The normalized spacial score (nSPS) is 23.5. The molecule has 2 aliphatic heterocycles. The first kappa shape index (κ1) is 17.0. The summed E-state index contributed by atoms with van der Waals surface area (Å²) >= 11 is 0. The summed E-state index contributed by atoms with van der Waals surface area (Å²) in [5.41, 5.74) is 0. The van der Waals surface area contributed by atoms with Crippen LogP contribution in [0.2, 0.25) is 0 Å². The summed E-state index contributed by atoms with van der Waals surface area (Å²) in [5.74, 6) is 0.438. The fourth-order valence-corrected chi connectivity index (χ4v) is 3.23. The highest BCUT2D eigenvalue weighted by Crippen LogP contribution is 2.20. The molecule has 1 N–H and O–H groups in total. The number of nitrogens with zero attached hydrogens (tertiary/aromatic N) is 2. The average Bonchev–Trinajstić information content (AvgIpc) is 3.24. The van der Waals surface area contributed by atoms with Crippen molar-refractivity contribution in [1.82, 2.24) is 15.1 Å². The van der Waals surface area contributed by atoms with Crippen LogP contribution in [0.1, 0.15) is 19.1 Å². The summed E-state index contributed by atoms with van der Waals surface area (Å²) in [6.45, 7) is 6.88. The molecule has 0 unspecified atom stereocenters. The third kappa shape index (κ3) is 4.15. The lowest BCUT2D eigenvalue weighted by Crippen LogP contribution is -2.48. The van der Waals surface area contributed by atoms with Gasteiger partial charge in [0.2, 0.25) is 11.8 Å². The second-order valence-corrected chi connectivity index (χ2v) is 6.50. The van der Waals surface area contributed by atoms with Crippen LogP contribution in [0.3, 0.4) is 0 Å². The van der Waals surface area contributed by atoms with E-state index < -0.39 is 0 Å². The Morgan fingerprint density at radius 1 is 1.42 bits per heavy atom. The molecule has 7 nitrogen and oxygen atoms in total. The summed E-state index contributed by atoms with van der Waals surface area (Å²) in [6, 6.07) is 3.91. The molecule has 2 saturated heterocycles. The van der Waals surface area contributed by atoms with Crippen LogP contribution in [-0.2, 0) is 20.9 Å². The Labute approximate surface area is 141 Å². The van der Waals surface area contributed by atoms with Gasteiger partial charge in [0.25, 0.3) is 0 Å². The van der Waals surface area contributed by atoms with Gasteiger partial charge in [-0.2, -0.15) is 0 Å². The van der Waals surface area contributed by atoms with Gasteiger partial charge in [-0.15, -0.1) is 0 Å². The summed E-state index contributed by atoms with van der Waals surface area (Å²) < 4.78 is 10.6. The molecule has 2 amide bonds. The van der Waals surface area contributed by atoms with Gasteiger partial charge in [0.05, 0.1) is 31.9 Å². The predicted molar refractivity (Wildman–Crippen MR) is 87.1 cm³/mol. The minimum atomic E-state index is -0.274. The van der Waals surface area contributed by atoms with E-state index in [2.05, 4.69) is 17.1 Å². The van der Waals surface area contributed by atoms with E-state index in [0.29, 0.717) is 19.6 Å². The van der Waals surface area contributed by atoms with E-state index in [0.717, 1.165) is 32.1 Å². The topological polar surface area (TPSA) is 75.0 Å². The Bertz CT molecular complexity index is 554. The zero-order chi connectivity index (χ0) is 16.9. The minimum absolute atomic E-state index is 0.00720. The number of rotatable bonds is 6. The van der Waals surface area contributed by atoms with E-state index >= 15 is 0 Å². The van der Waals surface area contributed by atoms with Crippen LogP contribution in [0.5, 0.6) is 0 Å². The van der Waals surface area contributed by atoms with E-state index in [1.54, 1.807) is 17.2 Å². The highest BCUT2D eigenvalue weighted by atomic mass is 16.5. The average molecular weight is 335 g/mol. The van der Waals surface area contributed by atoms with Gasteiger partial charge >= 0.3 is 0 Å². The maximum Gasteiger partial charge on any atom is 0.225 e.